The minimum absolute atomic E-state index is 0.194. The van der Waals surface area contributed by atoms with Crippen LogP contribution in [0.1, 0.15) is 35.7 Å². The van der Waals surface area contributed by atoms with Crippen LogP contribution in [-0.4, -0.2) is 24.6 Å². The molecular formula is C20H22N2O3S. The Morgan fingerprint density at radius 1 is 1.19 bits per heavy atom. The normalized spacial score (nSPS) is 10.7. The number of carbonyl (C=O) groups is 1. The largest absolute Gasteiger partial charge is 0.494 e. The molecule has 1 amide bonds. The van der Waals surface area contributed by atoms with Crippen LogP contribution in [0.15, 0.2) is 36.4 Å². The van der Waals surface area contributed by atoms with Crippen LogP contribution in [0.4, 0.5) is 5.13 Å². The van der Waals surface area contributed by atoms with E-state index in [2.05, 4.69) is 17.2 Å². The maximum absolute atomic E-state index is 12.5. The molecule has 0 saturated heterocycles. The first kappa shape index (κ1) is 18.2. The van der Waals surface area contributed by atoms with Gasteiger partial charge in [-0.3, -0.25) is 10.1 Å². The second-order valence-electron chi connectivity index (χ2n) is 5.96. The van der Waals surface area contributed by atoms with Gasteiger partial charge < -0.3 is 9.47 Å². The van der Waals surface area contributed by atoms with E-state index in [4.69, 9.17) is 9.47 Å². The Bertz CT molecular complexity index is 903. The summed E-state index contributed by atoms with van der Waals surface area (Å²) in [7, 11) is 1.62. The first-order valence-corrected chi connectivity index (χ1v) is 9.42. The second kappa shape index (κ2) is 8.19. The monoisotopic (exact) mass is 370 g/mol. The van der Waals surface area contributed by atoms with Gasteiger partial charge in [-0.15, -0.1) is 0 Å². The van der Waals surface area contributed by atoms with Gasteiger partial charge in [0.25, 0.3) is 5.91 Å². The molecule has 0 bridgehead atoms. The summed E-state index contributed by atoms with van der Waals surface area (Å²) >= 11 is 1.45. The molecule has 0 fully saturated rings. The zero-order chi connectivity index (χ0) is 18.5. The van der Waals surface area contributed by atoms with Crippen molar-refractivity contribution in [2.75, 3.05) is 19.0 Å². The SMILES string of the molecule is CCCCOc1ccc(C(=O)Nc2nc3c(OC)ccc(C)c3s2)cc1. The number of benzene rings is 2. The third kappa shape index (κ3) is 3.96. The lowest BCUT2D eigenvalue weighted by molar-refractivity contribution is 0.102. The Hall–Kier alpha value is -2.60. The maximum atomic E-state index is 12.5. The highest BCUT2D eigenvalue weighted by molar-refractivity contribution is 7.22. The minimum Gasteiger partial charge on any atom is -0.494 e. The van der Waals surface area contributed by atoms with Crippen LogP contribution >= 0.6 is 11.3 Å². The lowest BCUT2D eigenvalue weighted by atomic mass is 10.2. The number of rotatable bonds is 7. The van der Waals surface area contributed by atoms with Crippen molar-refractivity contribution < 1.29 is 14.3 Å². The Morgan fingerprint density at radius 3 is 2.65 bits per heavy atom. The number of fused-ring (bicyclic) bond motifs is 1. The molecule has 136 valence electrons. The number of unbranched alkanes of at least 4 members (excludes halogenated alkanes) is 1. The summed E-state index contributed by atoms with van der Waals surface area (Å²) in [6, 6.07) is 11.0. The molecule has 0 aliphatic rings. The standard InChI is InChI=1S/C20H22N2O3S/c1-4-5-12-25-15-9-7-14(8-10-15)19(23)22-20-21-17-16(24-3)11-6-13(2)18(17)26-20/h6-11H,4-5,12H2,1-3H3,(H,21,22,23). The smallest absolute Gasteiger partial charge is 0.257 e. The maximum Gasteiger partial charge on any atom is 0.257 e. The molecule has 2 aromatic carbocycles. The number of amides is 1. The van der Waals surface area contributed by atoms with Crippen LogP contribution in [0.2, 0.25) is 0 Å². The fourth-order valence-corrected chi connectivity index (χ4v) is 3.48. The topological polar surface area (TPSA) is 60.5 Å². The molecule has 0 aliphatic heterocycles. The third-order valence-corrected chi connectivity index (χ3v) is 5.13. The number of ether oxygens (including phenoxy) is 2. The van der Waals surface area contributed by atoms with E-state index >= 15 is 0 Å². The summed E-state index contributed by atoms with van der Waals surface area (Å²) in [5, 5.41) is 3.43. The number of aromatic nitrogens is 1. The molecule has 5 nitrogen and oxygen atoms in total. The highest BCUT2D eigenvalue weighted by Gasteiger charge is 2.14. The molecule has 26 heavy (non-hydrogen) atoms. The van der Waals surface area contributed by atoms with Crippen LogP contribution in [-0.2, 0) is 0 Å². The first-order valence-electron chi connectivity index (χ1n) is 8.60. The number of thiazole rings is 1. The number of nitrogens with zero attached hydrogens (tertiary/aromatic N) is 1. The van der Waals surface area contributed by atoms with Gasteiger partial charge in [0.15, 0.2) is 5.13 Å². The molecule has 1 aromatic heterocycles. The summed E-state index contributed by atoms with van der Waals surface area (Å²) in [6.07, 6.45) is 2.11. The molecule has 3 aromatic rings. The van der Waals surface area contributed by atoms with E-state index in [1.54, 1.807) is 19.2 Å². The molecule has 6 heteroatoms. The van der Waals surface area contributed by atoms with Crippen molar-refractivity contribution >= 4 is 32.6 Å². The van der Waals surface area contributed by atoms with Crippen molar-refractivity contribution in [1.82, 2.24) is 4.98 Å². The van der Waals surface area contributed by atoms with E-state index in [-0.39, 0.29) is 5.91 Å². The number of nitrogens with one attached hydrogen (secondary N) is 1. The fourth-order valence-electron chi connectivity index (χ4n) is 2.53. The van der Waals surface area contributed by atoms with Crippen LogP contribution < -0.4 is 14.8 Å². The Labute approximate surface area is 157 Å². The fraction of sp³-hybridized carbons (Fsp3) is 0.300. The zero-order valence-electron chi connectivity index (χ0n) is 15.2. The van der Waals surface area contributed by atoms with Crippen molar-refractivity contribution in [1.29, 1.82) is 0 Å². The summed E-state index contributed by atoms with van der Waals surface area (Å²) in [6.45, 7) is 4.83. The average Bonchev–Trinajstić information content (AvgIpc) is 3.07. The molecule has 3 rings (SSSR count). The summed E-state index contributed by atoms with van der Waals surface area (Å²) in [5.41, 5.74) is 2.44. The number of methoxy groups -OCH3 is 1. The van der Waals surface area contributed by atoms with Gasteiger partial charge in [0, 0.05) is 5.56 Å². The number of hydrogen-bond acceptors (Lipinski definition) is 5. The quantitative estimate of drug-likeness (QED) is 0.592. The number of hydrogen-bond donors (Lipinski definition) is 1. The zero-order valence-corrected chi connectivity index (χ0v) is 16.0. The molecule has 0 saturated carbocycles. The molecule has 1 N–H and O–H groups in total. The van der Waals surface area contributed by atoms with Gasteiger partial charge in [-0.25, -0.2) is 4.98 Å². The summed E-state index contributed by atoms with van der Waals surface area (Å²) < 4.78 is 12.0. The van der Waals surface area contributed by atoms with Gasteiger partial charge in [0.05, 0.1) is 18.4 Å². The number of aryl methyl sites for hydroxylation is 1. The van der Waals surface area contributed by atoms with E-state index in [0.717, 1.165) is 34.4 Å². The van der Waals surface area contributed by atoms with Crippen molar-refractivity contribution in [3.05, 3.63) is 47.5 Å². The Balaban J connectivity index is 1.73. The van der Waals surface area contributed by atoms with E-state index in [9.17, 15) is 4.79 Å². The first-order chi connectivity index (χ1) is 12.6. The average molecular weight is 370 g/mol. The van der Waals surface area contributed by atoms with Gasteiger partial charge in [-0.2, -0.15) is 0 Å². The van der Waals surface area contributed by atoms with E-state index in [1.165, 1.54) is 11.3 Å². The lowest BCUT2D eigenvalue weighted by Crippen LogP contribution is -2.11. The summed E-state index contributed by atoms with van der Waals surface area (Å²) in [5.74, 6) is 1.28. The number of carbonyl (C=O) groups excluding carboxylic acids is 1. The van der Waals surface area contributed by atoms with Gasteiger partial charge in [0.2, 0.25) is 0 Å². The molecular weight excluding hydrogens is 348 g/mol. The van der Waals surface area contributed by atoms with E-state index in [0.29, 0.717) is 23.1 Å². The minimum atomic E-state index is -0.194. The molecule has 1 heterocycles. The number of anilines is 1. The van der Waals surface area contributed by atoms with Gasteiger partial charge in [-0.1, -0.05) is 30.7 Å². The molecule has 0 atom stereocenters. The van der Waals surface area contributed by atoms with Crippen LogP contribution in [0.3, 0.4) is 0 Å². The highest BCUT2D eigenvalue weighted by Crippen LogP contribution is 2.34. The molecule has 0 aliphatic carbocycles. The molecule has 0 spiro atoms. The highest BCUT2D eigenvalue weighted by atomic mass is 32.1. The van der Waals surface area contributed by atoms with E-state index in [1.807, 2.05) is 31.2 Å². The van der Waals surface area contributed by atoms with Crippen LogP contribution in [0.25, 0.3) is 10.2 Å². The van der Waals surface area contributed by atoms with Crippen molar-refractivity contribution in [2.45, 2.75) is 26.7 Å². The van der Waals surface area contributed by atoms with Crippen LogP contribution in [0, 0.1) is 6.92 Å². The van der Waals surface area contributed by atoms with Gasteiger partial charge in [0.1, 0.15) is 17.0 Å². The van der Waals surface area contributed by atoms with Gasteiger partial charge in [-0.05, 0) is 49.2 Å². The van der Waals surface area contributed by atoms with E-state index < -0.39 is 0 Å². The van der Waals surface area contributed by atoms with Crippen molar-refractivity contribution in [2.24, 2.45) is 0 Å². The molecule has 0 unspecified atom stereocenters. The second-order valence-corrected chi connectivity index (χ2v) is 6.96. The van der Waals surface area contributed by atoms with Crippen molar-refractivity contribution in [3.8, 4) is 11.5 Å². The predicted octanol–water partition coefficient (Wildman–Crippen LogP) is 5.04. The predicted molar refractivity (Wildman–Crippen MR) is 106 cm³/mol. The third-order valence-electron chi connectivity index (χ3n) is 4.03. The lowest BCUT2D eigenvalue weighted by Gasteiger charge is -2.06. The summed E-state index contributed by atoms with van der Waals surface area (Å²) in [4.78, 5) is 17.0. The van der Waals surface area contributed by atoms with Gasteiger partial charge >= 0.3 is 0 Å². The Morgan fingerprint density at radius 2 is 1.96 bits per heavy atom. The van der Waals surface area contributed by atoms with Crippen molar-refractivity contribution in [3.63, 3.8) is 0 Å². The molecule has 0 radical (unpaired) electrons. The Kier molecular flexibility index (Phi) is 5.73. The van der Waals surface area contributed by atoms with Crippen LogP contribution in [0.5, 0.6) is 11.5 Å².